The fourth-order valence-electron chi connectivity index (χ4n) is 4.91. The Morgan fingerprint density at radius 2 is 1.79 bits per heavy atom. The molecule has 0 atom stereocenters. The van der Waals surface area contributed by atoms with E-state index >= 15 is 0 Å². The van der Waals surface area contributed by atoms with Crippen molar-refractivity contribution in [3.8, 4) is 17.3 Å². The second-order valence-corrected chi connectivity index (χ2v) is 10.1. The van der Waals surface area contributed by atoms with Crippen LogP contribution in [0.5, 0.6) is 0 Å². The molecule has 202 valence electrons. The van der Waals surface area contributed by atoms with Gasteiger partial charge in [-0.05, 0) is 75.8 Å². The number of ether oxygens (including phenoxy) is 1. The zero-order valence-corrected chi connectivity index (χ0v) is 22.2. The number of carbonyl (C=O) groups excluding carboxylic acids is 2. The number of carbonyl (C=O) groups is 2. The lowest BCUT2D eigenvalue weighted by Crippen LogP contribution is -2.43. The van der Waals surface area contributed by atoms with E-state index < -0.39 is 0 Å². The van der Waals surface area contributed by atoms with Crippen LogP contribution in [0.25, 0.3) is 11.3 Å². The highest BCUT2D eigenvalue weighted by Crippen LogP contribution is 2.28. The van der Waals surface area contributed by atoms with Gasteiger partial charge in [-0.3, -0.25) is 9.59 Å². The van der Waals surface area contributed by atoms with Crippen molar-refractivity contribution in [2.45, 2.75) is 25.8 Å². The molecule has 39 heavy (non-hydrogen) atoms. The molecule has 2 N–H and O–H groups in total. The Labute approximate surface area is 227 Å². The Hall–Kier alpha value is -4.20. The number of hydrogen-bond donors (Lipinski definition) is 2. The van der Waals surface area contributed by atoms with Crippen molar-refractivity contribution >= 4 is 23.2 Å². The summed E-state index contributed by atoms with van der Waals surface area (Å²) in [6, 6.07) is 14.6. The quantitative estimate of drug-likeness (QED) is 0.499. The molecule has 0 unspecified atom stereocenters. The number of rotatable bonds is 6. The van der Waals surface area contributed by atoms with Crippen LogP contribution >= 0.6 is 0 Å². The molecule has 5 rings (SSSR count). The third kappa shape index (κ3) is 6.28. The summed E-state index contributed by atoms with van der Waals surface area (Å²) in [7, 11) is 2.08. The molecule has 2 aliphatic heterocycles. The summed E-state index contributed by atoms with van der Waals surface area (Å²) in [6.45, 7) is 6.43. The highest BCUT2D eigenvalue weighted by molar-refractivity contribution is 6.05. The number of benzene rings is 2. The van der Waals surface area contributed by atoms with Crippen LogP contribution in [0.1, 0.15) is 44.9 Å². The number of nitrogens with zero attached hydrogens (tertiary/aromatic N) is 4. The number of anilines is 2. The molecule has 10 nitrogen and oxygen atoms in total. The minimum Gasteiger partial charge on any atom is -0.378 e. The van der Waals surface area contributed by atoms with Crippen molar-refractivity contribution in [2.75, 3.05) is 56.7 Å². The second-order valence-electron chi connectivity index (χ2n) is 10.1. The Kier molecular flexibility index (Phi) is 7.91. The van der Waals surface area contributed by atoms with Gasteiger partial charge in [0.15, 0.2) is 0 Å². The number of nitrogens with one attached hydrogen (secondary N) is 2. The summed E-state index contributed by atoms with van der Waals surface area (Å²) >= 11 is 0. The molecule has 2 saturated heterocycles. The highest BCUT2D eigenvalue weighted by Gasteiger charge is 2.22. The number of aryl methyl sites for hydroxylation is 1. The molecule has 3 heterocycles. The van der Waals surface area contributed by atoms with Crippen LogP contribution in [0, 0.1) is 18.3 Å². The number of piperidine rings is 1. The van der Waals surface area contributed by atoms with Crippen LogP contribution in [-0.4, -0.2) is 74.4 Å². The van der Waals surface area contributed by atoms with Crippen molar-refractivity contribution in [2.24, 2.45) is 0 Å². The Balaban J connectivity index is 1.31. The Morgan fingerprint density at radius 1 is 1.03 bits per heavy atom. The molecular weight excluding hydrogens is 496 g/mol. The van der Waals surface area contributed by atoms with E-state index in [1.165, 1.54) is 0 Å². The van der Waals surface area contributed by atoms with E-state index in [9.17, 15) is 14.9 Å². The second kappa shape index (κ2) is 11.7. The zero-order chi connectivity index (χ0) is 27.4. The van der Waals surface area contributed by atoms with Gasteiger partial charge in [0, 0.05) is 47.7 Å². The minimum atomic E-state index is -0.324. The van der Waals surface area contributed by atoms with E-state index in [-0.39, 0.29) is 23.6 Å². The van der Waals surface area contributed by atoms with Gasteiger partial charge in [-0.15, -0.1) is 0 Å². The van der Waals surface area contributed by atoms with Gasteiger partial charge in [0.2, 0.25) is 5.76 Å². The molecule has 2 aromatic carbocycles. The average molecular weight is 529 g/mol. The van der Waals surface area contributed by atoms with Gasteiger partial charge in [0.05, 0.1) is 24.8 Å². The smallest absolute Gasteiger partial charge is 0.290 e. The summed E-state index contributed by atoms with van der Waals surface area (Å²) in [5.41, 5.74) is 4.38. The van der Waals surface area contributed by atoms with Gasteiger partial charge in [-0.2, -0.15) is 5.26 Å². The summed E-state index contributed by atoms with van der Waals surface area (Å²) in [6.07, 6.45) is 1.80. The predicted molar refractivity (Wildman–Crippen MR) is 147 cm³/mol. The van der Waals surface area contributed by atoms with Crippen molar-refractivity contribution in [3.63, 3.8) is 0 Å². The summed E-state index contributed by atoms with van der Waals surface area (Å²) < 4.78 is 10.8. The normalized spacial score (nSPS) is 16.5. The molecule has 0 aliphatic carbocycles. The van der Waals surface area contributed by atoms with Gasteiger partial charge in [-0.1, -0.05) is 11.2 Å². The molecule has 2 aliphatic rings. The lowest BCUT2D eigenvalue weighted by atomic mass is 10.0. The summed E-state index contributed by atoms with van der Waals surface area (Å²) in [5.74, 6) is -0.449. The van der Waals surface area contributed by atoms with Gasteiger partial charge in [0.25, 0.3) is 11.8 Å². The first-order chi connectivity index (χ1) is 18.9. The number of aromatic nitrogens is 1. The van der Waals surface area contributed by atoms with Crippen LogP contribution < -0.4 is 15.5 Å². The molecule has 0 spiro atoms. The van der Waals surface area contributed by atoms with Gasteiger partial charge < -0.3 is 29.7 Å². The Bertz CT molecular complexity index is 1400. The molecule has 2 amide bonds. The molecular formula is C29H32N6O4. The molecule has 3 aromatic rings. The first kappa shape index (κ1) is 26.4. The maximum absolute atomic E-state index is 13.2. The van der Waals surface area contributed by atoms with Crippen molar-refractivity contribution in [1.82, 2.24) is 15.4 Å². The number of amides is 2. The summed E-state index contributed by atoms with van der Waals surface area (Å²) in [5, 5.41) is 19.6. The third-order valence-corrected chi connectivity index (χ3v) is 7.24. The van der Waals surface area contributed by atoms with E-state index in [0.29, 0.717) is 48.8 Å². The van der Waals surface area contributed by atoms with Crippen LogP contribution in [0.3, 0.4) is 0 Å². The van der Waals surface area contributed by atoms with Crippen LogP contribution in [0.4, 0.5) is 11.4 Å². The fraction of sp³-hybridized carbons (Fsp3) is 0.379. The third-order valence-electron chi connectivity index (χ3n) is 7.24. The number of morpholine rings is 1. The topological polar surface area (TPSA) is 124 Å². The minimum absolute atomic E-state index is 0.117. The van der Waals surface area contributed by atoms with E-state index in [1.807, 2.05) is 19.1 Å². The SMILES string of the molecule is Cc1ccc(NC(=O)c2cc(C#N)cc(N3CCOCC3)c2)cc1-c1cc(C(=O)NC2CCN(C)CC2)on1. The highest BCUT2D eigenvalue weighted by atomic mass is 16.5. The lowest BCUT2D eigenvalue weighted by molar-refractivity contribution is 0.0879. The first-order valence-corrected chi connectivity index (χ1v) is 13.2. The van der Waals surface area contributed by atoms with E-state index in [1.54, 1.807) is 30.3 Å². The molecule has 10 heteroatoms. The fourth-order valence-corrected chi connectivity index (χ4v) is 4.91. The van der Waals surface area contributed by atoms with Crippen LogP contribution in [0.15, 0.2) is 47.0 Å². The standard InChI is InChI=1S/C29H32N6O4/c1-19-3-4-23(32-28(36)21-13-20(18-30)14-24(15-21)35-9-11-38-12-10-35)16-25(19)26-17-27(39-33-26)29(37)31-22-5-7-34(2)8-6-22/h3-4,13-17,22H,5-12H2,1-2H3,(H,31,37)(H,32,36). The average Bonchev–Trinajstić information content (AvgIpc) is 3.46. The van der Waals surface area contributed by atoms with Crippen molar-refractivity contribution < 1.29 is 18.8 Å². The van der Waals surface area contributed by atoms with Gasteiger partial charge in [-0.25, -0.2) is 0 Å². The van der Waals surface area contributed by atoms with Gasteiger partial charge >= 0.3 is 0 Å². The molecule has 0 radical (unpaired) electrons. The first-order valence-electron chi connectivity index (χ1n) is 13.2. The van der Waals surface area contributed by atoms with E-state index in [2.05, 4.69) is 38.7 Å². The van der Waals surface area contributed by atoms with Crippen molar-refractivity contribution in [3.05, 3.63) is 64.9 Å². The van der Waals surface area contributed by atoms with Gasteiger partial charge in [0.1, 0.15) is 5.69 Å². The van der Waals surface area contributed by atoms with Crippen molar-refractivity contribution in [1.29, 1.82) is 5.26 Å². The maximum atomic E-state index is 13.2. The Morgan fingerprint density at radius 3 is 2.54 bits per heavy atom. The number of nitriles is 1. The molecule has 0 bridgehead atoms. The predicted octanol–water partition coefficient (Wildman–Crippen LogP) is 3.43. The van der Waals surface area contributed by atoms with E-state index in [4.69, 9.17) is 9.26 Å². The summed E-state index contributed by atoms with van der Waals surface area (Å²) in [4.78, 5) is 30.3. The monoisotopic (exact) mass is 528 g/mol. The largest absolute Gasteiger partial charge is 0.378 e. The zero-order valence-electron chi connectivity index (χ0n) is 22.2. The molecule has 1 aromatic heterocycles. The molecule has 2 fully saturated rings. The number of likely N-dealkylation sites (tertiary alicyclic amines) is 1. The maximum Gasteiger partial charge on any atom is 0.290 e. The van der Waals surface area contributed by atoms with Crippen LogP contribution in [0.2, 0.25) is 0 Å². The molecule has 0 saturated carbocycles. The van der Waals surface area contributed by atoms with Crippen LogP contribution in [-0.2, 0) is 4.74 Å². The van der Waals surface area contributed by atoms with E-state index in [0.717, 1.165) is 42.7 Å². The number of hydrogen-bond acceptors (Lipinski definition) is 8. The lowest BCUT2D eigenvalue weighted by Gasteiger charge is -2.29.